The number of anilines is 1. The Morgan fingerprint density at radius 3 is 2.71 bits per heavy atom. The summed E-state index contributed by atoms with van der Waals surface area (Å²) in [6, 6.07) is 7.97. The first kappa shape index (κ1) is 15.8. The molecule has 114 valence electrons. The predicted molar refractivity (Wildman–Crippen MR) is 92.2 cm³/mol. The van der Waals surface area contributed by atoms with Crippen LogP contribution >= 0.6 is 12.2 Å². The zero-order chi connectivity index (χ0) is 14.9. The van der Waals surface area contributed by atoms with E-state index < -0.39 is 0 Å². The highest BCUT2D eigenvalue weighted by molar-refractivity contribution is 7.80. The van der Waals surface area contributed by atoms with E-state index in [0.29, 0.717) is 11.7 Å². The van der Waals surface area contributed by atoms with Crippen LogP contribution in [-0.2, 0) is 4.74 Å². The molecule has 1 heterocycles. The van der Waals surface area contributed by atoms with Gasteiger partial charge < -0.3 is 15.4 Å². The number of hydrogen-bond acceptors (Lipinski definition) is 3. The van der Waals surface area contributed by atoms with Gasteiger partial charge in [0.1, 0.15) is 6.61 Å². The second kappa shape index (κ2) is 8.62. The fraction of sp³-hybridized carbons (Fsp3) is 0.500. The van der Waals surface area contributed by atoms with Crippen molar-refractivity contribution >= 4 is 28.9 Å². The molecule has 4 nitrogen and oxygen atoms in total. The van der Waals surface area contributed by atoms with Crippen LogP contribution in [0.25, 0.3) is 0 Å². The van der Waals surface area contributed by atoms with Crippen LogP contribution in [0.3, 0.4) is 0 Å². The number of ether oxygens (including phenoxy) is 1. The molecule has 0 spiro atoms. The van der Waals surface area contributed by atoms with Gasteiger partial charge in [0.2, 0.25) is 5.90 Å². The molecular weight excluding hydrogens is 282 g/mol. The minimum absolute atomic E-state index is 0.675. The maximum absolute atomic E-state index is 5.44. The van der Waals surface area contributed by atoms with Gasteiger partial charge in [-0.25, -0.2) is 4.99 Å². The predicted octanol–water partition coefficient (Wildman–Crippen LogP) is 3.33. The van der Waals surface area contributed by atoms with Gasteiger partial charge in [-0.3, -0.25) is 0 Å². The van der Waals surface area contributed by atoms with Crippen molar-refractivity contribution in [3.63, 3.8) is 0 Å². The van der Waals surface area contributed by atoms with Crippen molar-refractivity contribution in [2.24, 2.45) is 4.99 Å². The zero-order valence-electron chi connectivity index (χ0n) is 12.5. The Balaban J connectivity index is 1.73. The van der Waals surface area contributed by atoms with Crippen LogP contribution in [0.5, 0.6) is 0 Å². The van der Waals surface area contributed by atoms with Crippen molar-refractivity contribution in [2.75, 3.05) is 25.0 Å². The summed E-state index contributed by atoms with van der Waals surface area (Å²) in [7, 11) is 0. The number of benzene rings is 1. The Morgan fingerprint density at radius 2 is 2.05 bits per heavy atom. The Hall–Kier alpha value is -1.62. The topological polar surface area (TPSA) is 45.7 Å². The molecule has 2 N–H and O–H groups in total. The van der Waals surface area contributed by atoms with E-state index in [9.17, 15) is 0 Å². The lowest BCUT2D eigenvalue weighted by Gasteiger charge is -2.11. The number of hydrogen-bond donors (Lipinski definition) is 2. The average Bonchev–Trinajstić information content (AvgIpc) is 3.02. The lowest BCUT2D eigenvalue weighted by Crippen LogP contribution is -2.29. The molecule has 1 aromatic carbocycles. The average molecular weight is 305 g/mol. The molecule has 0 aromatic heterocycles. The van der Waals surface area contributed by atoms with Gasteiger partial charge in [-0.05, 0) is 42.9 Å². The molecule has 0 aliphatic carbocycles. The van der Waals surface area contributed by atoms with Crippen molar-refractivity contribution < 1.29 is 4.74 Å². The number of unbranched alkanes of at least 4 members (excludes halogenated alkanes) is 3. The van der Waals surface area contributed by atoms with Crippen LogP contribution in [-0.4, -0.2) is 30.7 Å². The summed E-state index contributed by atoms with van der Waals surface area (Å²) in [4.78, 5) is 4.30. The number of thiocarbonyl (C=S) groups is 1. The van der Waals surface area contributed by atoms with Gasteiger partial charge in [-0.15, -0.1) is 0 Å². The molecule has 0 radical (unpaired) electrons. The quantitative estimate of drug-likeness (QED) is 0.599. The Labute approximate surface area is 132 Å². The number of nitrogens with zero attached hydrogens (tertiary/aromatic N) is 1. The Morgan fingerprint density at radius 1 is 1.24 bits per heavy atom. The van der Waals surface area contributed by atoms with E-state index in [1.807, 2.05) is 24.3 Å². The van der Waals surface area contributed by atoms with E-state index in [0.717, 1.165) is 36.7 Å². The molecule has 5 heteroatoms. The van der Waals surface area contributed by atoms with Crippen molar-refractivity contribution in [3.8, 4) is 0 Å². The van der Waals surface area contributed by atoms with E-state index in [1.165, 1.54) is 19.3 Å². The summed E-state index contributed by atoms with van der Waals surface area (Å²) in [5, 5.41) is 7.10. The minimum Gasteiger partial charge on any atom is -0.476 e. The van der Waals surface area contributed by atoms with Gasteiger partial charge in [0.25, 0.3) is 0 Å². The lowest BCUT2D eigenvalue weighted by atomic mass is 10.2. The minimum atomic E-state index is 0.675. The van der Waals surface area contributed by atoms with Crippen molar-refractivity contribution in [1.29, 1.82) is 0 Å². The molecule has 21 heavy (non-hydrogen) atoms. The number of nitrogens with one attached hydrogen (secondary N) is 2. The van der Waals surface area contributed by atoms with Crippen LogP contribution in [0, 0.1) is 0 Å². The van der Waals surface area contributed by atoms with Crippen LogP contribution in [0.2, 0.25) is 0 Å². The van der Waals surface area contributed by atoms with Crippen LogP contribution in [0.15, 0.2) is 29.3 Å². The van der Waals surface area contributed by atoms with E-state index in [1.54, 1.807) is 0 Å². The van der Waals surface area contributed by atoms with Gasteiger partial charge >= 0.3 is 0 Å². The Kier molecular flexibility index (Phi) is 6.47. The highest BCUT2D eigenvalue weighted by atomic mass is 32.1. The van der Waals surface area contributed by atoms with Crippen LogP contribution in [0.1, 0.15) is 38.2 Å². The first-order chi connectivity index (χ1) is 10.3. The maximum Gasteiger partial charge on any atom is 0.216 e. The summed E-state index contributed by atoms with van der Waals surface area (Å²) in [5.41, 5.74) is 1.99. The molecule has 0 unspecified atom stereocenters. The standard InChI is InChI=1S/C16H23N3OS/c1-2-3-4-5-10-18-16(21)19-14-8-6-13(7-9-14)15-17-11-12-20-15/h6-9H,2-5,10-12H2,1H3,(H2,18,19,21). The SMILES string of the molecule is CCCCCCNC(=S)Nc1ccc(C2=NCCO2)cc1. The lowest BCUT2D eigenvalue weighted by molar-refractivity contribution is 0.348. The number of rotatable bonds is 7. The smallest absolute Gasteiger partial charge is 0.216 e. The molecule has 0 atom stereocenters. The van der Waals surface area contributed by atoms with E-state index >= 15 is 0 Å². The zero-order valence-corrected chi connectivity index (χ0v) is 13.3. The first-order valence-electron chi connectivity index (χ1n) is 7.62. The molecule has 0 amide bonds. The summed E-state index contributed by atoms with van der Waals surface area (Å²) in [6.07, 6.45) is 4.95. The fourth-order valence-electron chi connectivity index (χ4n) is 2.13. The second-order valence-electron chi connectivity index (χ2n) is 5.05. The van der Waals surface area contributed by atoms with Gasteiger partial charge in [0, 0.05) is 17.8 Å². The summed E-state index contributed by atoms with van der Waals surface area (Å²) >= 11 is 5.28. The molecule has 1 aliphatic rings. The highest BCUT2D eigenvalue weighted by Crippen LogP contribution is 2.13. The second-order valence-corrected chi connectivity index (χ2v) is 5.46. The third-order valence-electron chi connectivity index (χ3n) is 3.29. The summed E-state index contributed by atoms with van der Waals surface area (Å²) < 4.78 is 5.44. The molecule has 0 saturated heterocycles. The van der Waals surface area contributed by atoms with Crippen molar-refractivity contribution in [1.82, 2.24) is 5.32 Å². The first-order valence-corrected chi connectivity index (χ1v) is 8.03. The van der Waals surface area contributed by atoms with Gasteiger partial charge in [-0.2, -0.15) is 0 Å². The molecular formula is C16H23N3OS. The number of aliphatic imine (C=N–C) groups is 1. The normalized spacial score (nSPS) is 13.5. The molecule has 0 bridgehead atoms. The summed E-state index contributed by atoms with van der Waals surface area (Å²) in [5.74, 6) is 0.734. The Bertz CT molecular complexity index is 485. The van der Waals surface area contributed by atoms with Crippen LogP contribution in [0.4, 0.5) is 5.69 Å². The molecule has 2 rings (SSSR count). The molecule has 1 aliphatic heterocycles. The van der Waals surface area contributed by atoms with Gasteiger partial charge in [0.05, 0.1) is 6.54 Å². The summed E-state index contributed by atoms with van der Waals surface area (Å²) in [6.45, 7) is 4.57. The maximum atomic E-state index is 5.44. The molecule has 0 fully saturated rings. The highest BCUT2D eigenvalue weighted by Gasteiger charge is 2.09. The van der Waals surface area contributed by atoms with E-state index in [2.05, 4.69) is 22.5 Å². The molecule has 1 aromatic rings. The van der Waals surface area contributed by atoms with E-state index in [4.69, 9.17) is 17.0 Å². The monoisotopic (exact) mass is 305 g/mol. The van der Waals surface area contributed by atoms with E-state index in [-0.39, 0.29) is 0 Å². The van der Waals surface area contributed by atoms with Crippen LogP contribution < -0.4 is 10.6 Å². The molecule has 0 saturated carbocycles. The van der Waals surface area contributed by atoms with Gasteiger partial charge in [0.15, 0.2) is 5.11 Å². The third-order valence-corrected chi connectivity index (χ3v) is 3.54. The van der Waals surface area contributed by atoms with Crippen molar-refractivity contribution in [2.45, 2.75) is 32.6 Å². The fourth-order valence-corrected chi connectivity index (χ4v) is 2.35. The third kappa shape index (κ3) is 5.34. The van der Waals surface area contributed by atoms with Crippen molar-refractivity contribution in [3.05, 3.63) is 29.8 Å². The van der Waals surface area contributed by atoms with Gasteiger partial charge in [-0.1, -0.05) is 26.2 Å². The largest absolute Gasteiger partial charge is 0.476 e.